The smallest absolute Gasteiger partial charge is 0.354 e. The fourth-order valence-corrected chi connectivity index (χ4v) is 2.39. The number of pyridine rings is 1. The SMILES string of the molecule is Cc1csc(C(C)NC(=O)c2cccc(C(=O)O)n2)n1. The average Bonchev–Trinajstić information content (AvgIpc) is 2.85. The van der Waals surface area contributed by atoms with E-state index in [0.29, 0.717) is 0 Å². The molecule has 0 spiro atoms. The maximum atomic E-state index is 12.0. The molecule has 7 heteroatoms. The number of amides is 1. The molecule has 0 aliphatic rings. The van der Waals surface area contributed by atoms with Crippen LogP contribution in [0.2, 0.25) is 0 Å². The molecule has 2 rings (SSSR count). The fraction of sp³-hybridized carbons (Fsp3) is 0.231. The Morgan fingerprint density at radius 2 is 2.00 bits per heavy atom. The number of rotatable bonds is 4. The number of thiazole rings is 1. The van der Waals surface area contributed by atoms with Crippen LogP contribution in [-0.4, -0.2) is 27.0 Å². The zero-order chi connectivity index (χ0) is 14.7. The molecule has 0 aliphatic heterocycles. The van der Waals surface area contributed by atoms with E-state index in [4.69, 9.17) is 5.11 Å². The van der Waals surface area contributed by atoms with E-state index in [2.05, 4.69) is 15.3 Å². The zero-order valence-electron chi connectivity index (χ0n) is 11.0. The first-order valence-electron chi connectivity index (χ1n) is 5.90. The maximum Gasteiger partial charge on any atom is 0.354 e. The number of carbonyl (C=O) groups is 2. The van der Waals surface area contributed by atoms with Crippen LogP contribution in [0.15, 0.2) is 23.6 Å². The minimum atomic E-state index is -1.16. The van der Waals surface area contributed by atoms with Crippen molar-refractivity contribution in [2.45, 2.75) is 19.9 Å². The molecule has 6 nitrogen and oxygen atoms in total. The highest BCUT2D eigenvalue weighted by molar-refractivity contribution is 7.09. The fourth-order valence-electron chi connectivity index (χ4n) is 1.58. The lowest BCUT2D eigenvalue weighted by atomic mass is 10.2. The Balaban J connectivity index is 2.12. The molecule has 1 amide bonds. The number of hydrogen-bond donors (Lipinski definition) is 2. The van der Waals surface area contributed by atoms with Gasteiger partial charge in [0.15, 0.2) is 0 Å². The highest BCUT2D eigenvalue weighted by Crippen LogP contribution is 2.17. The van der Waals surface area contributed by atoms with Crippen LogP contribution in [-0.2, 0) is 0 Å². The molecule has 104 valence electrons. The molecule has 0 bridgehead atoms. The standard InChI is InChI=1S/C13H13N3O3S/c1-7-6-20-12(14-7)8(2)15-11(17)9-4-3-5-10(16-9)13(18)19/h3-6,8H,1-2H3,(H,15,17)(H,18,19). The average molecular weight is 291 g/mol. The summed E-state index contributed by atoms with van der Waals surface area (Å²) in [5.41, 5.74) is 0.817. The number of nitrogens with one attached hydrogen (secondary N) is 1. The first-order valence-corrected chi connectivity index (χ1v) is 6.78. The number of nitrogens with zero attached hydrogens (tertiary/aromatic N) is 2. The number of carboxylic acids is 1. The van der Waals surface area contributed by atoms with Gasteiger partial charge in [-0.05, 0) is 26.0 Å². The van der Waals surface area contributed by atoms with Gasteiger partial charge in [0.1, 0.15) is 16.4 Å². The Bertz CT molecular complexity index is 654. The second kappa shape index (κ2) is 5.79. The first-order chi connectivity index (χ1) is 9.47. The third-order valence-corrected chi connectivity index (χ3v) is 3.70. The van der Waals surface area contributed by atoms with E-state index < -0.39 is 11.9 Å². The number of aromatic carboxylic acids is 1. The van der Waals surface area contributed by atoms with E-state index in [0.717, 1.165) is 10.7 Å². The third-order valence-electron chi connectivity index (χ3n) is 2.56. The molecule has 0 aliphatic carbocycles. The van der Waals surface area contributed by atoms with E-state index >= 15 is 0 Å². The van der Waals surface area contributed by atoms with Crippen molar-refractivity contribution in [2.75, 3.05) is 0 Å². The summed E-state index contributed by atoms with van der Waals surface area (Å²) >= 11 is 1.46. The van der Waals surface area contributed by atoms with Crippen LogP contribution in [0.4, 0.5) is 0 Å². The van der Waals surface area contributed by atoms with Crippen LogP contribution in [0.5, 0.6) is 0 Å². The van der Waals surface area contributed by atoms with Crippen molar-refractivity contribution in [3.05, 3.63) is 45.7 Å². The third kappa shape index (κ3) is 3.18. The summed E-state index contributed by atoms with van der Waals surface area (Å²) in [5, 5.41) is 14.3. The summed E-state index contributed by atoms with van der Waals surface area (Å²) in [5.74, 6) is -1.59. The lowest BCUT2D eigenvalue weighted by Gasteiger charge is -2.10. The second-order valence-corrected chi connectivity index (χ2v) is 5.13. The highest BCUT2D eigenvalue weighted by Gasteiger charge is 2.16. The molecular weight excluding hydrogens is 278 g/mol. The molecule has 2 heterocycles. The Hall–Kier alpha value is -2.28. The summed E-state index contributed by atoms with van der Waals surface area (Å²) in [6.45, 7) is 3.70. The normalized spacial score (nSPS) is 11.9. The lowest BCUT2D eigenvalue weighted by molar-refractivity contribution is 0.0690. The molecule has 0 aromatic carbocycles. The number of aryl methyl sites for hydroxylation is 1. The molecule has 2 aromatic rings. The van der Waals surface area contributed by atoms with Gasteiger partial charge in [0.2, 0.25) is 0 Å². The van der Waals surface area contributed by atoms with E-state index in [1.165, 1.54) is 29.5 Å². The molecule has 2 aromatic heterocycles. The largest absolute Gasteiger partial charge is 0.477 e. The van der Waals surface area contributed by atoms with Crippen LogP contribution in [0.1, 0.15) is 44.6 Å². The molecule has 0 fully saturated rings. The Morgan fingerprint density at radius 3 is 2.60 bits per heavy atom. The molecule has 1 atom stereocenters. The lowest BCUT2D eigenvalue weighted by Crippen LogP contribution is -2.27. The first kappa shape index (κ1) is 14.1. The number of carbonyl (C=O) groups excluding carboxylic acids is 1. The molecule has 0 radical (unpaired) electrons. The maximum absolute atomic E-state index is 12.0. The molecule has 2 N–H and O–H groups in total. The molecular formula is C13H13N3O3S. The quantitative estimate of drug-likeness (QED) is 0.899. The van der Waals surface area contributed by atoms with Gasteiger partial charge < -0.3 is 10.4 Å². The van der Waals surface area contributed by atoms with E-state index in [-0.39, 0.29) is 17.4 Å². The predicted molar refractivity (Wildman–Crippen MR) is 73.9 cm³/mol. The highest BCUT2D eigenvalue weighted by atomic mass is 32.1. The van der Waals surface area contributed by atoms with Crippen LogP contribution < -0.4 is 5.32 Å². The summed E-state index contributed by atoms with van der Waals surface area (Å²) < 4.78 is 0. The Labute approximate surface area is 119 Å². The van der Waals surface area contributed by atoms with Gasteiger partial charge in [-0.25, -0.2) is 14.8 Å². The number of hydrogen-bond acceptors (Lipinski definition) is 5. The van der Waals surface area contributed by atoms with Gasteiger partial charge in [0, 0.05) is 11.1 Å². The van der Waals surface area contributed by atoms with Crippen molar-refractivity contribution in [2.24, 2.45) is 0 Å². The van der Waals surface area contributed by atoms with Gasteiger partial charge in [0.05, 0.1) is 6.04 Å². The van der Waals surface area contributed by atoms with Crippen LogP contribution >= 0.6 is 11.3 Å². The molecule has 0 saturated carbocycles. The van der Waals surface area contributed by atoms with Gasteiger partial charge in [-0.3, -0.25) is 4.79 Å². The van der Waals surface area contributed by atoms with E-state index in [9.17, 15) is 9.59 Å². The summed E-state index contributed by atoms with van der Waals surface area (Å²) in [4.78, 5) is 30.9. The summed E-state index contributed by atoms with van der Waals surface area (Å²) in [6.07, 6.45) is 0. The van der Waals surface area contributed by atoms with Crippen molar-refractivity contribution in [1.82, 2.24) is 15.3 Å². The van der Waals surface area contributed by atoms with Crippen molar-refractivity contribution in [3.8, 4) is 0 Å². The Morgan fingerprint density at radius 1 is 1.30 bits per heavy atom. The van der Waals surface area contributed by atoms with E-state index in [1.807, 2.05) is 19.2 Å². The van der Waals surface area contributed by atoms with Gasteiger partial charge in [-0.15, -0.1) is 11.3 Å². The summed E-state index contributed by atoms with van der Waals surface area (Å²) in [7, 11) is 0. The van der Waals surface area contributed by atoms with Crippen molar-refractivity contribution >= 4 is 23.2 Å². The minimum Gasteiger partial charge on any atom is -0.477 e. The molecule has 0 saturated heterocycles. The van der Waals surface area contributed by atoms with Crippen LogP contribution in [0.25, 0.3) is 0 Å². The number of carboxylic acid groups (broad SMARTS) is 1. The van der Waals surface area contributed by atoms with Gasteiger partial charge in [0.25, 0.3) is 5.91 Å². The van der Waals surface area contributed by atoms with Crippen molar-refractivity contribution in [3.63, 3.8) is 0 Å². The number of aromatic nitrogens is 2. The Kier molecular flexibility index (Phi) is 4.09. The van der Waals surface area contributed by atoms with Gasteiger partial charge in [-0.2, -0.15) is 0 Å². The topological polar surface area (TPSA) is 92.2 Å². The van der Waals surface area contributed by atoms with Crippen LogP contribution in [0, 0.1) is 6.92 Å². The van der Waals surface area contributed by atoms with Crippen LogP contribution in [0.3, 0.4) is 0 Å². The minimum absolute atomic E-state index is 0.0741. The van der Waals surface area contributed by atoms with Gasteiger partial charge >= 0.3 is 5.97 Å². The zero-order valence-corrected chi connectivity index (χ0v) is 11.8. The van der Waals surface area contributed by atoms with Crippen molar-refractivity contribution in [1.29, 1.82) is 0 Å². The predicted octanol–water partition coefficient (Wildman–Crippen LogP) is 2.04. The van der Waals surface area contributed by atoms with Crippen molar-refractivity contribution < 1.29 is 14.7 Å². The second-order valence-electron chi connectivity index (χ2n) is 4.24. The van der Waals surface area contributed by atoms with Gasteiger partial charge in [-0.1, -0.05) is 6.07 Å². The molecule has 1 unspecified atom stereocenters. The molecule has 20 heavy (non-hydrogen) atoms. The van der Waals surface area contributed by atoms with E-state index in [1.54, 1.807) is 0 Å². The summed E-state index contributed by atoms with van der Waals surface area (Å²) in [6, 6.07) is 4.05. The monoisotopic (exact) mass is 291 g/mol.